The van der Waals surface area contributed by atoms with E-state index < -0.39 is 69.8 Å². The first-order valence-electron chi connectivity index (χ1n) is 24.0. The minimum Gasteiger partial charge on any atom is -0.457 e. The molecule has 6 aromatic carbocycles. The molecule has 3 atom stereocenters. The summed E-state index contributed by atoms with van der Waals surface area (Å²) in [5.74, 6) is 2.60. The van der Waals surface area contributed by atoms with E-state index in [1.54, 1.807) is 32.2 Å². The molecule has 0 saturated carbocycles. The number of anilines is 1. The second-order valence-corrected chi connectivity index (χ2v) is 20.7. The third-order valence-corrected chi connectivity index (χ3v) is 14.4. The Morgan fingerprint density at radius 2 is 1.31 bits per heavy atom. The molecule has 7 aromatic rings. The molecule has 2 N–H and O–H groups in total. The zero-order valence-electron chi connectivity index (χ0n) is 41.1. The molecule has 2 aliphatic heterocycles. The monoisotopic (exact) mass is 1030 g/mol. The number of carbonyl (C=O) groups is 4. The van der Waals surface area contributed by atoms with Crippen LogP contribution in [0.1, 0.15) is 65.9 Å². The van der Waals surface area contributed by atoms with Gasteiger partial charge in [-0.1, -0.05) is 187 Å². The maximum Gasteiger partial charge on any atom is 0.356 e. The number of allylic oxidation sites excluding steroid dienone is 2. The first kappa shape index (κ1) is 51.2. The van der Waals surface area contributed by atoms with E-state index in [9.17, 15) is 23.4 Å². The van der Waals surface area contributed by atoms with Crippen LogP contribution in [-0.4, -0.2) is 72.9 Å². The number of thiazole rings is 1. The van der Waals surface area contributed by atoms with Gasteiger partial charge in [0.05, 0.1) is 16.6 Å². The number of nitrogens with one attached hydrogen (secondary N) is 2. The number of esters is 2. The number of aromatic nitrogens is 1. The summed E-state index contributed by atoms with van der Waals surface area (Å²) in [6, 6.07) is 56.0. The molecule has 15 heteroatoms. The Morgan fingerprint density at radius 1 is 0.787 bits per heavy atom. The van der Waals surface area contributed by atoms with Crippen LogP contribution in [0, 0.1) is 11.8 Å². The average Bonchev–Trinajstić information content (AvgIpc) is 3.91. The Morgan fingerprint density at radius 3 is 1.84 bits per heavy atom. The highest BCUT2D eigenvalue weighted by molar-refractivity contribution is 7.86. The molecule has 1 fully saturated rings. The summed E-state index contributed by atoms with van der Waals surface area (Å²) < 4.78 is 26.1. The average molecular weight is 1030 g/mol. The SMILES string of the molecule is CC(C)(C)OC(=O)CON=C(C(=O)N[C@@H]1C(=O)N2C(C(=O)OC(c3ccccc3)c3ccccc3)=C(C=CC#Cc3ccccc3)C[S@](=O)[C@H]12)c1csc(NC(c2ccccc2)(c2ccccc2)c2ccccc2)n1. The van der Waals surface area contributed by atoms with Gasteiger partial charge in [0, 0.05) is 10.9 Å². The van der Waals surface area contributed by atoms with Crippen LogP contribution in [0.3, 0.4) is 0 Å². The molecule has 0 spiro atoms. The lowest BCUT2D eigenvalue weighted by atomic mass is 9.77. The van der Waals surface area contributed by atoms with Gasteiger partial charge in [0.25, 0.3) is 11.8 Å². The molecule has 0 radical (unpaired) electrons. The van der Waals surface area contributed by atoms with Crippen molar-refractivity contribution in [3.8, 4) is 11.8 Å². The van der Waals surface area contributed by atoms with E-state index >= 15 is 0 Å². The molecule has 3 heterocycles. The van der Waals surface area contributed by atoms with E-state index in [-0.39, 0.29) is 28.4 Å². The van der Waals surface area contributed by atoms with Crippen molar-refractivity contribution in [2.24, 2.45) is 5.16 Å². The van der Waals surface area contributed by atoms with Gasteiger partial charge in [-0.25, -0.2) is 14.6 Å². The number of rotatable bonds is 16. The molecule has 0 unspecified atom stereocenters. The first-order chi connectivity index (χ1) is 36.4. The zero-order chi connectivity index (χ0) is 52.4. The lowest BCUT2D eigenvalue weighted by Gasteiger charge is -2.49. The Bertz CT molecular complexity index is 3220. The van der Waals surface area contributed by atoms with E-state index in [1.807, 2.05) is 182 Å². The number of β-lactam (4-membered cyclic amide) rings is 1. The molecule has 0 bridgehead atoms. The quantitative estimate of drug-likeness (QED) is 0.0238. The van der Waals surface area contributed by atoms with Crippen molar-refractivity contribution in [1.82, 2.24) is 15.2 Å². The van der Waals surface area contributed by atoms with E-state index in [0.29, 0.717) is 16.3 Å². The van der Waals surface area contributed by atoms with Crippen LogP contribution in [0.25, 0.3) is 0 Å². The number of carbonyl (C=O) groups excluding carboxylic acids is 4. The van der Waals surface area contributed by atoms with Gasteiger partial charge in [-0.2, -0.15) is 0 Å². The number of amides is 2. The second-order valence-electron chi connectivity index (χ2n) is 18.3. The number of nitrogens with zero attached hydrogens (tertiary/aromatic N) is 3. The van der Waals surface area contributed by atoms with Crippen molar-refractivity contribution in [3.05, 3.63) is 250 Å². The fraction of sp³-hybridized carbons (Fsp3) is 0.167. The van der Waals surface area contributed by atoms with Crippen molar-refractivity contribution in [1.29, 1.82) is 0 Å². The van der Waals surface area contributed by atoms with E-state index in [0.717, 1.165) is 27.2 Å². The highest BCUT2D eigenvalue weighted by atomic mass is 32.2. The lowest BCUT2D eigenvalue weighted by Crippen LogP contribution is -2.74. The molecule has 0 aliphatic carbocycles. The Balaban J connectivity index is 1.04. The highest BCUT2D eigenvalue weighted by Crippen LogP contribution is 2.41. The van der Waals surface area contributed by atoms with Crippen molar-refractivity contribution in [3.63, 3.8) is 0 Å². The number of hydrogen-bond donors (Lipinski definition) is 2. The molecule has 9 rings (SSSR count). The van der Waals surface area contributed by atoms with Crippen molar-refractivity contribution in [2.45, 2.75) is 49.4 Å². The number of hydrogen-bond acceptors (Lipinski definition) is 12. The van der Waals surface area contributed by atoms with Gasteiger partial charge >= 0.3 is 11.9 Å². The third-order valence-electron chi connectivity index (χ3n) is 12.1. The summed E-state index contributed by atoms with van der Waals surface area (Å²) in [6.45, 7) is 4.46. The first-order valence-corrected chi connectivity index (χ1v) is 26.3. The van der Waals surface area contributed by atoms with Crippen LogP contribution in [0.15, 0.2) is 216 Å². The third kappa shape index (κ3) is 11.7. The zero-order valence-corrected chi connectivity index (χ0v) is 42.8. The van der Waals surface area contributed by atoms with Crippen LogP contribution < -0.4 is 10.6 Å². The van der Waals surface area contributed by atoms with Crippen molar-refractivity contribution >= 4 is 56.7 Å². The van der Waals surface area contributed by atoms with Crippen LogP contribution in [0.4, 0.5) is 5.13 Å². The van der Waals surface area contributed by atoms with Gasteiger partial charge in [-0.05, 0) is 78.4 Å². The summed E-state index contributed by atoms with van der Waals surface area (Å²) >= 11 is 1.20. The Labute approximate surface area is 441 Å². The fourth-order valence-corrected chi connectivity index (χ4v) is 11.2. The predicted octanol–water partition coefficient (Wildman–Crippen LogP) is 9.22. The number of oxime groups is 1. The normalized spacial score (nSPS) is 16.5. The van der Waals surface area contributed by atoms with Crippen molar-refractivity contribution in [2.75, 3.05) is 17.7 Å². The predicted molar refractivity (Wildman–Crippen MR) is 289 cm³/mol. The van der Waals surface area contributed by atoms with E-state index in [4.69, 9.17) is 19.3 Å². The van der Waals surface area contributed by atoms with E-state index in [1.165, 1.54) is 17.4 Å². The summed E-state index contributed by atoms with van der Waals surface area (Å²) in [5, 5.41) is 11.3. The molecule has 2 amide bonds. The smallest absolute Gasteiger partial charge is 0.356 e. The van der Waals surface area contributed by atoms with Gasteiger partial charge in [0.2, 0.25) is 6.61 Å². The van der Waals surface area contributed by atoms with Gasteiger partial charge < -0.3 is 24.9 Å². The minimum atomic E-state index is -1.86. The fourth-order valence-electron chi connectivity index (χ4n) is 8.77. The van der Waals surface area contributed by atoms with Crippen molar-refractivity contribution < 1.29 is 37.7 Å². The van der Waals surface area contributed by atoms with Gasteiger partial charge in [0.1, 0.15) is 33.9 Å². The Hall–Kier alpha value is -8.71. The molecule has 75 heavy (non-hydrogen) atoms. The molecule has 2 aliphatic rings. The molecule has 1 saturated heterocycles. The van der Waals surface area contributed by atoms with Crippen LogP contribution in [0.2, 0.25) is 0 Å². The molecule has 1 aromatic heterocycles. The largest absolute Gasteiger partial charge is 0.457 e. The van der Waals surface area contributed by atoms with Gasteiger partial charge in [0.15, 0.2) is 16.9 Å². The molecule has 13 nitrogen and oxygen atoms in total. The Kier molecular flexibility index (Phi) is 15.7. The number of fused-ring (bicyclic) bond motifs is 1. The summed E-state index contributed by atoms with van der Waals surface area (Å²) in [4.78, 5) is 68.2. The van der Waals surface area contributed by atoms with Crippen LogP contribution >= 0.6 is 11.3 Å². The second kappa shape index (κ2) is 23.0. The summed E-state index contributed by atoms with van der Waals surface area (Å²) in [5.41, 5.74) is 2.84. The summed E-state index contributed by atoms with van der Waals surface area (Å²) in [6.07, 6.45) is 2.22. The van der Waals surface area contributed by atoms with Crippen LogP contribution in [0.5, 0.6) is 0 Å². The van der Waals surface area contributed by atoms with Gasteiger partial charge in [-0.3, -0.25) is 18.7 Å². The molecule has 376 valence electrons. The maximum atomic E-state index is 14.7. The standard InChI is InChI=1S/C60H51N5O8S2/c1-59(2,3)73-49(66)38-71-64-50(48-39-74-58(61-48)63-60(45-32-16-7-17-33-45,46-34-18-8-19-35-46)47-36-20-9-21-37-47)54(67)62-51-55(68)65-52(44(40-75(70)56(51)65)31-23-22-26-41-24-10-4-11-25-41)57(69)72-53(42-27-12-5-13-28-42)43-29-14-6-15-30-43/h4-21,23-25,27-37,39,51,53,56H,38,40H2,1-3H3,(H,61,63)(H,62,67)/t51-,56-,75+/m1/s1. The summed E-state index contributed by atoms with van der Waals surface area (Å²) in [7, 11) is -1.86. The topological polar surface area (TPSA) is 166 Å². The highest BCUT2D eigenvalue weighted by Gasteiger charge is 2.57. The van der Waals surface area contributed by atoms with Crippen LogP contribution in [-0.2, 0) is 49.8 Å². The molecular weight excluding hydrogens is 983 g/mol. The van der Waals surface area contributed by atoms with E-state index in [2.05, 4.69) is 27.6 Å². The minimum absolute atomic E-state index is 0.0433. The maximum absolute atomic E-state index is 14.7. The van der Waals surface area contributed by atoms with Gasteiger partial charge in [-0.15, -0.1) is 11.3 Å². The lowest BCUT2D eigenvalue weighted by molar-refractivity contribution is -0.160. The number of benzene rings is 6. The molecular formula is C60H51N5O8S2. The number of ether oxygens (including phenoxy) is 2.